The van der Waals surface area contributed by atoms with Crippen molar-refractivity contribution in [3.63, 3.8) is 0 Å². The van der Waals surface area contributed by atoms with Crippen molar-refractivity contribution in [3.05, 3.63) is 24.0 Å². The maximum atomic E-state index is 11.8. The monoisotopic (exact) mass is 254 g/mol. The lowest BCUT2D eigenvalue weighted by molar-refractivity contribution is -0.139. The van der Waals surface area contributed by atoms with E-state index in [0.29, 0.717) is 37.6 Å². The van der Waals surface area contributed by atoms with Crippen LogP contribution in [0.2, 0.25) is 0 Å². The molecule has 2 aliphatic heterocycles. The van der Waals surface area contributed by atoms with Gasteiger partial charge in [0.1, 0.15) is 31.2 Å². The fraction of sp³-hybridized carbons (Fsp3) is 0.615. The van der Waals surface area contributed by atoms with Gasteiger partial charge in [-0.1, -0.05) is 6.08 Å². The molecule has 0 saturated carbocycles. The molecule has 0 amide bonds. The molecule has 0 N–H and O–H groups in total. The largest absolute Gasteiger partial charge is 0.494 e. The smallest absolute Gasteiger partial charge is 0.337 e. The highest BCUT2D eigenvalue weighted by atomic mass is 16.6. The summed E-state index contributed by atoms with van der Waals surface area (Å²) in [5, 5.41) is 0. The third-order valence-corrected chi connectivity index (χ3v) is 2.70. The Labute approximate surface area is 106 Å². The van der Waals surface area contributed by atoms with Gasteiger partial charge >= 0.3 is 5.97 Å². The van der Waals surface area contributed by atoms with E-state index in [1.54, 1.807) is 13.0 Å². The predicted octanol–water partition coefficient (Wildman–Crippen LogP) is 1.19. The lowest BCUT2D eigenvalue weighted by atomic mass is 10.2. The molecule has 0 aromatic heterocycles. The molecule has 0 aromatic rings. The number of epoxide rings is 2. The molecule has 2 aliphatic rings. The average molecular weight is 254 g/mol. The Morgan fingerprint density at radius 3 is 2.33 bits per heavy atom. The molecule has 0 radical (unpaired) electrons. The molecule has 2 atom stereocenters. The molecule has 0 spiro atoms. The van der Waals surface area contributed by atoms with E-state index in [9.17, 15) is 4.79 Å². The minimum Gasteiger partial charge on any atom is -0.494 e. The standard InChI is InChI=1S/C13H18O5/c1-3-4-12(17-7-10-5-15-10)9(2)13(14)18-8-11-6-16-11/h3,10-11H,1,4-8H2,2H3. The highest BCUT2D eigenvalue weighted by molar-refractivity contribution is 5.88. The zero-order chi connectivity index (χ0) is 13.0. The molecule has 18 heavy (non-hydrogen) atoms. The molecule has 2 heterocycles. The number of carbonyl (C=O) groups excluding carboxylic acids is 1. The Balaban J connectivity index is 1.86. The van der Waals surface area contributed by atoms with Crippen molar-refractivity contribution in [1.29, 1.82) is 0 Å². The van der Waals surface area contributed by atoms with E-state index in [0.717, 1.165) is 6.61 Å². The van der Waals surface area contributed by atoms with Crippen molar-refractivity contribution < 1.29 is 23.7 Å². The normalized spacial score (nSPS) is 26.1. The number of ether oxygens (including phenoxy) is 4. The van der Waals surface area contributed by atoms with Gasteiger partial charge in [0, 0.05) is 6.42 Å². The number of hydrogen-bond donors (Lipinski definition) is 0. The molecule has 2 rings (SSSR count). The second-order valence-corrected chi connectivity index (χ2v) is 4.36. The van der Waals surface area contributed by atoms with Crippen LogP contribution in [0.3, 0.4) is 0 Å². The SMILES string of the molecule is C=CCC(OCC1CO1)=C(C)C(=O)OCC1CO1. The number of esters is 1. The summed E-state index contributed by atoms with van der Waals surface area (Å²) in [5.74, 6) is 0.237. The summed E-state index contributed by atoms with van der Waals surface area (Å²) in [5.41, 5.74) is 0.483. The second kappa shape index (κ2) is 6.02. The van der Waals surface area contributed by atoms with Gasteiger partial charge in [-0.15, -0.1) is 6.58 Å². The second-order valence-electron chi connectivity index (χ2n) is 4.36. The summed E-state index contributed by atoms with van der Waals surface area (Å²) < 4.78 is 20.7. The van der Waals surface area contributed by atoms with Crippen LogP contribution >= 0.6 is 0 Å². The van der Waals surface area contributed by atoms with Crippen LogP contribution in [0.15, 0.2) is 24.0 Å². The van der Waals surface area contributed by atoms with Crippen molar-refractivity contribution in [2.75, 3.05) is 26.4 Å². The van der Waals surface area contributed by atoms with Crippen LogP contribution < -0.4 is 0 Å². The van der Waals surface area contributed by atoms with Gasteiger partial charge in [0.05, 0.1) is 18.8 Å². The van der Waals surface area contributed by atoms with Crippen LogP contribution in [0.5, 0.6) is 0 Å². The Bertz CT molecular complexity index is 352. The summed E-state index contributed by atoms with van der Waals surface area (Å²) in [4.78, 5) is 11.8. The lowest BCUT2D eigenvalue weighted by Gasteiger charge is -2.11. The van der Waals surface area contributed by atoms with Gasteiger partial charge in [0.2, 0.25) is 0 Å². The first-order valence-corrected chi connectivity index (χ1v) is 6.04. The summed E-state index contributed by atoms with van der Waals surface area (Å²) >= 11 is 0. The maximum absolute atomic E-state index is 11.8. The minimum atomic E-state index is -0.362. The van der Waals surface area contributed by atoms with Gasteiger partial charge in [0.15, 0.2) is 0 Å². The summed E-state index contributed by atoms with van der Waals surface area (Å²) in [6.45, 7) is 7.53. The van der Waals surface area contributed by atoms with Gasteiger partial charge in [-0.05, 0) is 6.92 Å². The molecule has 0 bridgehead atoms. The molecular formula is C13H18O5. The number of hydrogen-bond acceptors (Lipinski definition) is 5. The lowest BCUT2D eigenvalue weighted by Crippen LogP contribution is -2.14. The zero-order valence-electron chi connectivity index (χ0n) is 10.5. The van der Waals surface area contributed by atoms with Crippen molar-refractivity contribution in [2.45, 2.75) is 25.6 Å². The van der Waals surface area contributed by atoms with Crippen molar-refractivity contribution in [3.8, 4) is 0 Å². The molecule has 5 nitrogen and oxygen atoms in total. The maximum Gasteiger partial charge on any atom is 0.337 e. The fourth-order valence-corrected chi connectivity index (χ4v) is 1.36. The van der Waals surface area contributed by atoms with Crippen LogP contribution in [0.4, 0.5) is 0 Å². The molecule has 100 valence electrons. The molecule has 2 saturated heterocycles. The topological polar surface area (TPSA) is 60.6 Å². The first-order chi connectivity index (χ1) is 8.70. The Hall–Kier alpha value is -1.33. The number of rotatable bonds is 8. The zero-order valence-corrected chi connectivity index (χ0v) is 10.5. The van der Waals surface area contributed by atoms with Gasteiger partial charge < -0.3 is 18.9 Å². The fourth-order valence-electron chi connectivity index (χ4n) is 1.36. The van der Waals surface area contributed by atoms with Crippen LogP contribution in [0.1, 0.15) is 13.3 Å². The highest BCUT2D eigenvalue weighted by Gasteiger charge is 2.26. The summed E-state index contributed by atoms with van der Waals surface area (Å²) in [7, 11) is 0. The average Bonchev–Trinajstić information content (AvgIpc) is 3.24. The van der Waals surface area contributed by atoms with Crippen LogP contribution in [0, 0.1) is 0 Å². The number of allylic oxidation sites excluding steroid dienone is 1. The predicted molar refractivity (Wildman–Crippen MR) is 63.9 cm³/mol. The van der Waals surface area contributed by atoms with E-state index in [2.05, 4.69) is 6.58 Å². The first kappa shape index (κ1) is 13.1. The molecule has 2 unspecified atom stereocenters. The van der Waals surface area contributed by atoms with Gasteiger partial charge in [-0.3, -0.25) is 0 Å². The number of carbonyl (C=O) groups is 1. The quantitative estimate of drug-likeness (QED) is 0.214. The molecule has 0 aromatic carbocycles. The third-order valence-electron chi connectivity index (χ3n) is 2.70. The molecule has 2 fully saturated rings. The van der Waals surface area contributed by atoms with E-state index in [4.69, 9.17) is 18.9 Å². The van der Waals surface area contributed by atoms with Crippen molar-refractivity contribution in [1.82, 2.24) is 0 Å². The highest BCUT2D eigenvalue weighted by Crippen LogP contribution is 2.18. The molecule has 0 aliphatic carbocycles. The third kappa shape index (κ3) is 4.16. The minimum absolute atomic E-state index is 0.0744. The summed E-state index contributed by atoms with van der Waals surface area (Å²) in [6, 6.07) is 0. The van der Waals surface area contributed by atoms with Crippen LogP contribution in [0.25, 0.3) is 0 Å². The van der Waals surface area contributed by atoms with Gasteiger partial charge in [-0.25, -0.2) is 4.79 Å². The van der Waals surface area contributed by atoms with E-state index in [1.807, 2.05) is 0 Å². The van der Waals surface area contributed by atoms with Crippen LogP contribution in [-0.4, -0.2) is 44.6 Å². The van der Waals surface area contributed by atoms with Crippen LogP contribution in [-0.2, 0) is 23.7 Å². The van der Waals surface area contributed by atoms with Crippen molar-refractivity contribution in [2.24, 2.45) is 0 Å². The van der Waals surface area contributed by atoms with Crippen molar-refractivity contribution >= 4 is 5.97 Å². The first-order valence-electron chi connectivity index (χ1n) is 6.04. The summed E-state index contributed by atoms with van der Waals surface area (Å²) in [6.07, 6.45) is 2.44. The molecule has 5 heteroatoms. The van der Waals surface area contributed by atoms with Gasteiger partial charge in [0.25, 0.3) is 0 Å². The van der Waals surface area contributed by atoms with E-state index >= 15 is 0 Å². The van der Waals surface area contributed by atoms with Gasteiger partial charge in [-0.2, -0.15) is 0 Å². The van der Waals surface area contributed by atoms with E-state index in [1.165, 1.54) is 0 Å². The Kier molecular flexibility index (Phi) is 4.38. The Morgan fingerprint density at radius 1 is 1.28 bits per heavy atom. The van der Waals surface area contributed by atoms with E-state index in [-0.39, 0.29) is 18.2 Å². The molecular weight excluding hydrogens is 236 g/mol. The van der Waals surface area contributed by atoms with E-state index < -0.39 is 0 Å². The Morgan fingerprint density at radius 2 is 1.83 bits per heavy atom.